The number of phenolic OH excluding ortho intramolecular Hbond substituents is 1. The molecule has 0 aliphatic carbocycles. The van der Waals surface area contributed by atoms with E-state index in [0.717, 1.165) is 23.1 Å². The normalized spacial score (nSPS) is 14.4. The topological polar surface area (TPSA) is 125 Å². The number of aromatic hydroxyl groups is 2. The summed E-state index contributed by atoms with van der Waals surface area (Å²) >= 11 is 0. The molecule has 0 aliphatic rings. The van der Waals surface area contributed by atoms with Crippen LogP contribution in [-0.4, -0.2) is 42.1 Å². The van der Waals surface area contributed by atoms with Crippen LogP contribution in [0.3, 0.4) is 0 Å². The predicted octanol–water partition coefficient (Wildman–Crippen LogP) is 5.69. The molecule has 6 N–H and O–H groups in total. The van der Waals surface area contributed by atoms with Gasteiger partial charge in [0.25, 0.3) is 0 Å². The molecular weight excluding hydrogens is 532 g/mol. The van der Waals surface area contributed by atoms with Crippen LogP contribution in [0.15, 0.2) is 66.7 Å². The predicted molar refractivity (Wildman–Crippen MR) is 166 cm³/mol. The average molecular weight is 579 g/mol. The Labute approximate surface area is 245 Å². The van der Waals surface area contributed by atoms with Gasteiger partial charge < -0.3 is 30.8 Å². The minimum atomic E-state index is -2.13. The molecule has 0 heterocycles. The number of aliphatic hydroxyl groups excluding tert-OH is 1. The molecule has 0 bridgehead atoms. The highest BCUT2D eigenvalue weighted by atomic mass is 28.4. The smallest absolute Gasteiger partial charge is 0.225 e. The Morgan fingerprint density at radius 1 is 0.927 bits per heavy atom. The molecule has 0 spiro atoms. The van der Waals surface area contributed by atoms with Crippen molar-refractivity contribution in [1.82, 2.24) is 5.32 Å². The van der Waals surface area contributed by atoms with Gasteiger partial charge in [0.2, 0.25) is 5.91 Å². The Kier molecular flexibility index (Phi) is 10.8. The lowest BCUT2D eigenvalue weighted by Gasteiger charge is -2.40. The van der Waals surface area contributed by atoms with E-state index in [1.165, 1.54) is 0 Å². The van der Waals surface area contributed by atoms with E-state index in [1.807, 2.05) is 42.5 Å². The lowest BCUT2D eigenvalue weighted by molar-refractivity contribution is -0.119. The molecule has 3 rings (SSSR count). The molecule has 222 valence electrons. The Bertz CT molecular complexity index is 1320. The summed E-state index contributed by atoms with van der Waals surface area (Å²) in [5.74, 6) is -0.760. The molecule has 3 aromatic carbocycles. The number of para-hydroxylation sites is 1. The highest BCUT2D eigenvalue weighted by Gasteiger charge is 2.39. The lowest BCUT2D eigenvalue weighted by Crippen LogP contribution is -2.44. The zero-order valence-corrected chi connectivity index (χ0v) is 26.1. The molecule has 0 aromatic heterocycles. The third kappa shape index (κ3) is 8.66. The first kappa shape index (κ1) is 32.3. The van der Waals surface area contributed by atoms with Crippen LogP contribution < -0.4 is 11.1 Å². The Morgan fingerprint density at radius 2 is 1.61 bits per heavy atom. The van der Waals surface area contributed by atoms with Gasteiger partial charge in [-0.25, -0.2) is 0 Å². The number of amides is 1. The van der Waals surface area contributed by atoms with Gasteiger partial charge in [-0.15, -0.1) is 0 Å². The number of carbonyl (C=O) groups is 1. The first-order valence-corrected chi connectivity index (χ1v) is 17.1. The fraction of sp³-hybridized carbons (Fsp3) is 0.424. The molecule has 0 saturated heterocycles. The van der Waals surface area contributed by atoms with Crippen molar-refractivity contribution in [3.05, 3.63) is 94.5 Å². The van der Waals surface area contributed by atoms with Crippen molar-refractivity contribution in [1.29, 1.82) is 0 Å². The van der Waals surface area contributed by atoms with Crippen molar-refractivity contribution >= 4 is 14.2 Å². The molecule has 0 saturated carbocycles. The summed E-state index contributed by atoms with van der Waals surface area (Å²) in [6.07, 6.45) is 0.794. The largest absolute Gasteiger partial charge is 0.508 e. The van der Waals surface area contributed by atoms with E-state index < -0.39 is 20.1 Å². The number of nitrogens with two attached hydrogens (primary N) is 1. The van der Waals surface area contributed by atoms with Gasteiger partial charge in [0.1, 0.15) is 11.5 Å². The third-order valence-corrected chi connectivity index (χ3v) is 12.7. The number of benzene rings is 3. The van der Waals surface area contributed by atoms with Crippen LogP contribution >= 0.6 is 0 Å². The monoisotopic (exact) mass is 578 g/mol. The molecule has 3 atom stereocenters. The number of hydrogen-bond acceptors (Lipinski definition) is 6. The number of nitrogens with one attached hydrogen (secondary N) is 1. The summed E-state index contributed by atoms with van der Waals surface area (Å²) in [5.41, 5.74) is 9.75. The summed E-state index contributed by atoms with van der Waals surface area (Å²) in [7, 11) is -2.13. The summed E-state index contributed by atoms with van der Waals surface area (Å²) in [6.45, 7) is 13.5. The molecule has 0 aliphatic heterocycles. The second kappa shape index (κ2) is 13.7. The molecule has 8 heteroatoms. The molecule has 0 radical (unpaired) electrons. The molecule has 41 heavy (non-hydrogen) atoms. The Hall–Kier alpha value is -3.17. The number of rotatable bonds is 13. The van der Waals surface area contributed by atoms with Gasteiger partial charge in [0.05, 0.1) is 18.6 Å². The summed E-state index contributed by atoms with van der Waals surface area (Å²) in [6, 6.07) is 20.3. The van der Waals surface area contributed by atoms with Gasteiger partial charge in [0, 0.05) is 18.2 Å². The summed E-state index contributed by atoms with van der Waals surface area (Å²) in [5, 5.41) is 33.7. The van der Waals surface area contributed by atoms with E-state index in [9.17, 15) is 20.1 Å². The van der Waals surface area contributed by atoms with Gasteiger partial charge in [-0.2, -0.15) is 0 Å². The van der Waals surface area contributed by atoms with Crippen LogP contribution in [0.1, 0.15) is 67.5 Å². The minimum absolute atomic E-state index is 0.0154. The fourth-order valence-electron chi connectivity index (χ4n) is 4.65. The van der Waals surface area contributed by atoms with Crippen LogP contribution in [0.4, 0.5) is 0 Å². The number of phenols is 2. The Morgan fingerprint density at radius 3 is 2.24 bits per heavy atom. The van der Waals surface area contributed by atoms with E-state index in [1.54, 1.807) is 24.3 Å². The van der Waals surface area contributed by atoms with Crippen molar-refractivity contribution in [2.24, 2.45) is 5.73 Å². The van der Waals surface area contributed by atoms with E-state index in [0.29, 0.717) is 24.1 Å². The van der Waals surface area contributed by atoms with E-state index in [2.05, 4.69) is 46.1 Å². The first-order chi connectivity index (χ1) is 19.2. The van der Waals surface area contributed by atoms with E-state index >= 15 is 0 Å². The second-order valence-corrected chi connectivity index (χ2v) is 17.2. The van der Waals surface area contributed by atoms with Crippen molar-refractivity contribution < 1.29 is 24.5 Å². The van der Waals surface area contributed by atoms with Crippen molar-refractivity contribution in [2.45, 2.75) is 83.3 Å². The number of primary amides is 1. The minimum Gasteiger partial charge on any atom is -0.508 e. The zero-order chi connectivity index (χ0) is 30.4. The molecular formula is C33H46N2O5Si. The fourth-order valence-corrected chi connectivity index (χ4v) is 5.93. The van der Waals surface area contributed by atoms with Gasteiger partial charge in [-0.1, -0.05) is 69.3 Å². The van der Waals surface area contributed by atoms with Crippen molar-refractivity contribution in [2.75, 3.05) is 6.54 Å². The Balaban J connectivity index is 1.76. The molecule has 0 fully saturated rings. The molecule has 3 aromatic rings. The molecule has 7 nitrogen and oxygen atoms in total. The maximum absolute atomic E-state index is 12.4. The van der Waals surface area contributed by atoms with Gasteiger partial charge in [-0.3, -0.25) is 4.79 Å². The van der Waals surface area contributed by atoms with Crippen LogP contribution in [0, 0.1) is 0 Å². The van der Waals surface area contributed by atoms with Gasteiger partial charge in [0.15, 0.2) is 8.32 Å². The van der Waals surface area contributed by atoms with Gasteiger partial charge >= 0.3 is 0 Å². The number of carbonyl (C=O) groups excluding carboxylic acids is 1. The molecule has 1 amide bonds. The third-order valence-electron chi connectivity index (χ3n) is 8.19. The van der Waals surface area contributed by atoms with E-state index in [-0.39, 0.29) is 35.3 Å². The number of hydrogen-bond donors (Lipinski definition) is 5. The van der Waals surface area contributed by atoms with Crippen LogP contribution in [-0.2, 0) is 28.7 Å². The van der Waals surface area contributed by atoms with Crippen LogP contribution in [0.2, 0.25) is 18.1 Å². The van der Waals surface area contributed by atoms with E-state index in [4.69, 9.17) is 10.2 Å². The average Bonchev–Trinajstić information content (AvgIpc) is 2.90. The van der Waals surface area contributed by atoms with Crippen LogP contribution in [0.5, 0.6) is 11.5 Å². The zero-order valence-electron chi connectivity index (χ0n) is 25.1. The van der Waals surface area contributed by atoms with Crippen LogP contribution in [0.25, 0.3) is 0 Å². The molecule has 1 unspecified atom stereocenters. The lowest BCUT2D eigenvalue weighted by atomic mass is 9.89. The summed E-state index contributed by atoms with van der Waals surface area (Å²) < 4.78 is 6.81. The number of aliphatic hydroxyl groups is 1. The standard InChI is InChI=1S/C33H46N2O5Si/c1-22(16-23-10-9-12-24(17-23)28(32(34)39)19-25-11-7-8-13-29(25)37)35-20-31(40-41(5,6)33(2,3)4)26-14-15-30(38)27(18-26)21-36/h7-15,17-18,22,28,31,35-38H,16,19-21H2,1-6H3,(H2,34,39)/t22-,28?,31+/m1/s1. The van der Waals surface area contributed by atoms with Gasteiger partial charge in [-0.05, 0) is 78.4 Å². The summed E-state index contributed by atoms with van der Waals surface area (Å²) in [4.78, 5) is 12.4. The second-order valence-electron chi connectivity index (χ2n) is 12.5. The highest BCUT2D eigenvalue weighted by molar-refractivity contribution is 6.74. The highest BCUT2D eigenvalue weighted by Crippen LogP contribution is 2.40. The maximum Gasteiger partial charge on any atom is 0.225 e. The quantitative estimate of drug-likeness (QED) is 0.166. The van der Waals surface area contributed by atoms with Crippen molar-refractivity contribution in [3.8, 4) is 11.5 Å². The SMILES string of the molecule is C[C@H](Cc1cccc(C(Cc2ccccc2O)C(N)=O)c1)NC[C@H](O[Si](C)(C)C(C)(C)C)c1ccc(O)c(CO)c1. The first-order valence-electron chi connectivity index (χ1n) is 14.2. The maximum atomic E-state index is 12.4. The van der Waals surface area contributed by atoms with Crippen molar-refractivity contribution in [3.63, 3.8) is 0 Å².